The first-order valence-corrected chi connectivity index (χ1v) is 19.9. The lowest BCUT2D eigenvalue weighted by Crippen LogP contribution is -2.31. The number of nitrogens with zero attached hydrogens (tertiary/aromatic N) is 8. The van der Waals surface area contributed by atoms with Crippen molar-refractivity contribution in [3.63, 3.8) is 0 Å². The Bertz CT molecular complexity index is 1040. The molecule has 50 heavy (non-hydrogen) atoms. The van der Waals surface area contributed by atoms with Gasteiger partial charge in [-0.25, -0.2) is 0 Å². The van der Waals surface area contributed by atoms with Crippen LogP contribution >= 0.6 is 0 Å². The molecule has 0 unspecified atom stereocenters. The molecule has 286 valence electrons. The fourth-order valence-corrected chi connectivity index (χ4v) is 5.87. The SMILES string of the molecule is CCCCCCCCCn1cc(CCOC(=O)CCN(CCCCN(C)C)CCC(=O)OCCc2cn(CCCCCCCCC)nn2)nn1. The highest BCUT2D eigenvalue weighted by Crippen LogP contribution is 2.10. The van der Waals surface area contributed by atoms with Gasteiger partial charge >= 0.3 is 11.9 Å². The van der Waals surface area contributed by atoms with Crippen LogP contribution in [-0.2, 0) is 45.0 Å². The highest BCUT2D eigenvalue weighted by Gasteiger charge is 2.13. The summed E-state index contributed by atoms with van der Waals surface area (Å²) >= 11 is 0. The molecular formula is C38H70N8O4. The van der Waals surface area contributed by atoms with Gasteiger partial charge in [0, 0.05) is 51.4 Å². The van der Waals surface area contributed by atoms with Crippen LogP contribution in [0.25, 0.3) is 0 Å². The Kier molecular flexibility index (Phi) is 24.9. The summed E-state index contributed by atoms with van der Waals surface area (Å²) in [6.45, 7) is 9.73. The van der Waals surface area contributed by atoms with Crippen molar-refractivity contribution in [3.8, 4) is 0 Å². The van der Waals surface area contributed by atoms with Gasteiger partial charge in [-0.3, -0.25) is 19.0 Å². The predicted molar refractivity (Wildman–Crippen MR) is 199 cm³/mol. The largest absolute Gasteiger partial charge is 0.465 e. The normalized spacial score (nSPS) is 11.6. The van der Waals surface area contributed by atoms with E-state index in [1.807, 2.05) is 21.8 Å². The summed E-state index contributed by atoms with van der Waals surface area (Å²) in [5, 5.41) is 16.9. The molecule has 0 aliphatic carbocycles. The van der Waals surface area contributed by atoms with Crippen molar-refractivity contribution < 1.29 is 19.1 Å². The van der Waals surface area contributed by atoms with E-state index in [0.29, 0.717) is 25.9 Å². The first-order valence-electron chi connectivity index (χ1n) is 19.9. The molecule has 2 rings (SSSR count). The lowest BCUT2D eigenvalue weighted by molar-refractivity contribution is -0.144. The molecule has 0 spiro atoms. The fourth-order valence-electron chi connectivity index (χ4n) is 5.87. The summed E-state index contributed by atoms with van der Waals surface area (Å²) in [4.78, 5) is 29.5. The molecule has 2 aromatic rings. The number of carbonyl (C=O) groups excluding carboxylic acids is 2. The summed E-state index contributed by atoms with van der Waals surface area (Å²) in [6.07, 6.45) is 25.3. The number of unbranched alkanes of at least 4 members (excludes halogenated alkanes) is 13. The highest BCUT2D eigenvalue weighted by molar-refractivity contribution is 5.70. The third kappa shape index (κ3) is 22.8. The summed E-state index contributed by atoms with van der Waals surface area (Å²) in [7, 11) is 4.13. The number of aromatic nitrogens is 6. The molecule has 0 aliphatic rings. The number of esters is 2. The molecule has 0 amide bonds. The zero-order valence-electron chi connectivity index (χ0n) is 32.2. The smallest absolute Gasteiger partial charge is 0.307 e. The van der Waals surface area contributed by atoms with Crippen LogP contribution in [0.3, 0.4) is 0 Å². The molecule has 0 radical (unpaired) electrons. The summed E-state index contributed by atoms with van der Waals surface area (Å²) in [5.41, 5.74) is 1.68. The van der Waals surface area contributed by atoms with Gasteiger partial charge in [0.1, 0.15) is 0 Å². The molecule has 2 aromatic heterocycles. The van der Waals surface area contributed by atoms with E-state index in [0.717, 1.165) is 63.3 Å². The Morgan fingerprint density at radius 3 is 1.44 bits per heavy atom. The fraction of sp³-hybridized carbons (Fsp3) is 0.842. The Balaban J connectivity index is 1.63. The third-order valence-electron chi connectivity index (χ3n) is 8.99. The summed E-state index contributed by atoms with van der Waals surface area (Å²) < 4.78 is 14.8. The monoisotopic (exact) mass is 703 g/mol. The number of hydrogen-bond acceptors (Lipinski definition) is 10. The van der Waals surface area contributed by atoms with Crippen LogP contribution in [-0.4, -0.2) is 105 Å². The number of ether oxygens (including phenoxy) is 2. The number of rotatable bonds is 33. The standard InChI is InChI=1S/C38H70N8O4/c1-5-7-9-11-13-15-17-27-45-33-35(39-41-45)23-31-49-37(47)21-29-44(26-20-19-25-43(3)4)30-22-38(48)50-32-24-36-34-46(42-40-36)28-18-16-14-12-10-8-6-2/h33-34H,5-32H2,1-4H3. The van der Waals surface area contributed by atoms with E-state index in [1.54, 1.807) is 0 Å². The maximum atomic E-state index is 12.6. The Morgan fingerprint density at radius 1 is 0.580 bits per heavy atom. The third-order valence-corrected chi connectivity index (χ3v) is 8.99. The number of hydrogen-bond donors (Lipinski definition) is 0. The van der Waals surface area contributed by atoms with Gasteiger partial charge in [0.05, 0.1) is 37.4 Å². The van der Waals surface area contributed by atoms with E-state index in [2.05, 4.69) is 58.4 Å². The molecule has 12 heteroatoms. The minimum atomic E-state index is -0.235. The van der Waals surface area contributed by atoms with Crippen LogP contribution in [0.2, 0.25) is 0 Å². The van der Waals surface area contributed by atoms with Crippen molar-refractivity contribution in [2.45, 2.75) is 155 Å². The maximum Gasteiger partial charge on any atom is 0.307 e. The minimum Gasteiger partial charge on any atom is -0.465 e. The molecule has 0 fully saturated rings. The molecule has 0 bridgehead atoms. The van der Waals surface area contributed by atoms with E-state index in [-0.39, 0.29) is 38.0 Å². The van der Waals surface area contributed by atoms with Crippen LogP contribution in [0.15, 0.2) is 12.4 Å². The lowest BCUT2D eigenvalue weighted by atomic mass is 10.1. The summed E-state index contributed by atoms with van der Waals surface area (Å²) in [5.74, 6) is -0.470. The van der Waals surface area contributed by atoms with Gasteiger partial charge in [-0.2, -0.15) is 0 Å². The minimum absolute atomic E-state index is 0.235. The summed E-state index contributed by atoms with van der Waals surface area (Å²) in [6, 6.07) is 0. The van der Waals surface area contributed by atoms with E-state index in [1.165, 1.54) is 77.0 Å². The lowest BCUT2D eigenvalue weighted by Gasteiger charge is -2.22. The average molecular weight is 703 g/mol. The van der Waals surface area contributed by atoms with Gasteiger partial charge in [-0.15, -0.1) is 10.2 Å². The topological polar surface area (TPSA) is 120 Å². The van der Waals surface area contributed by atoms with Crippen LogP contribution < -0.4 is 0 Å². The quantitative estimate of drug-likeness (QED) is 0.0589. The molecule has 12 nitrogen and oxygen atoms in total. The molecular weight excluding hydrogens is 632 g/mol. The van der Waals surface area contributed by atoms with E-state index in [4.69, 9.17) is 9.47 Å². The van der Waals surface area contributed by atoms with E-state index >= 15 is 0 Å². The molecule has 0 aromatic carbocycles. The molecule has 0 aliphatic heterocycles. The maximum absolute atomic E-state index is 12.6. The van der Waals surface area contributed by atoms with E-state index < -0.39 is 0 Å². The van der Waals surface area contributed by atoms with Gasteiger partial charge in [-0.05, 0) is 52.9 Å². The molecule has 0 saturated heterocycles. The van der Waals surface area contributed by atoms with Crippen molar-refractivity contribution in [2.24, 2.45) is 0 Å². The van der Waals surface area contributed by atoms with Crippen molar-refractivity contribution >= 4 is 11.9 Å². The molecule has 0 saturated carbocycles. The van der Waals surface area contributed by atoms with Crippen LogP contribution in [0.4, 0.5) is 0 Å². The zero-order valence-corrected chi connectivity index (χ0v) is 32.2. The number of carbonyl (C=O) groups is 2. The molecule has 2 heterocycles. The molecule has 0 atom stereocenters. The van der Waals surface area contributed by atoms with Crippen molar-refractivity contribution in [2.75, 3.05) is 53.5 Å². The van der Waals surface area contributed by atoms with E-state index in [9.17, 15) is 9.59 Å². The first kappa shape index (κ1) is 43.3. The van der Waals surface area contributed by atoms with Crippen LogP contribution in [0, 0.1) is 0 Å². The first-order chi connectivity index (χ1) is 24.4. The Hall–Kier alpha value is -2.86. The van der Waals surface area contributed by atoms with Crippen LogP contribution in [0.5, 0.6) is 0 Å². The Morgan fingerprint density at radius 2 is 1.00 bits per heavy atom. The van der Waals surface area contributed by atoms with Gasteiger partial charge < -0.3 is 19.3 Å². The second kappa shape index (κ2) is 28.8. The van der Waals surface area contributed by atoms with Crippen LogP contribution in [0.1, 0.15) is 141 Å². The van der Waals surface area contributed by atoms with Gasteiger partial charge in [0.2, 0.25) is 0 Å². The van der Waals surface area contributed by atoms with Crippen molar-refractivity contribution in [1.29, 1.82) is 0 Å². The highest BCUT2D eigenvalue weighted by atomic mass is 16.5. The Labute approximate surface area is 303 Å². The average Bonchev–Trinajstić information content (AvgIpc) is 3.76. The predicted octanol–water partition coefficient (Wildman–Crippen LogP) is 6.67. The number of aryl methyl sites for hydroxylation is 2. The van der Waals surface area contributed by atoms with Crippen molar-refractivity contribution in [3.05, 3.63) is 23.8 Å². The van der Waals surface area contributed by atoms with Gasteiger partial charge in [-0.1, -0.05) is 101 Å². The second-order valence-corrected chi connectivity index (χ2v) is 14.0. The van der Waals surface area contributed by atoms with Gasteiger partial charge in [0.15, 0.2) is 0 Å². The zero-order chi connectivity index (χ0) is 36.1. The second-order valence-electron chi connectivity index (χ2n) is 14.0. The van der Waals surface area contributed by atoms with Crippen molar-refractivity contribution in [1.82, 2.24) is 39.8 Å². The van der Waals surface area contributed by atoms with Gasteiger partial charge in [0.25, 0.3) is 0 Å². The molecule has 0 N–H and O–H groups in total.